The smallest absolute Gasteiger partial charge is 0.251 e. The molecule has 0 bridgehead atoms. The Kier molecular flexibility index (Phi) is 4.15. The van der Waals surface area contributed by atoms with Crippen LogP contribution in [0.2, 0.25) is 0 Å². The molecule has 1 aliphatic heterocycles. The van der Waals surface area contributed by atoms with Crippen LogP contribution in [0.1, 0.15) is 23.2 Å². The van der Waals surface area contributed by atoms with Gasteiger partial charge in [0.1, 0.15) is 5.82 Å². The number of nitrogens with one attached hydrogen (secondary N) is 2. The van der Waals surface area contributed by atoms with Gasteiger partial charge in [0.2, 0.25) is 0 Å². The molecule has 2 N–H and O–H groups in total. The fourth-order valence-corrected chi connectivity index (χ4v) is 2.89. The minimum atomic E-state index is -0.293. The summed E-state index contributed by atoms with van der Waals surface area (Å²) in [6.07, 6.45) is 2.29. The molecule has 3 rings (SSSR count). The lowest BCUT2D eigenvalue weighted by atomic mass is 9.99. The molecule has 4 heteroatoms. The van der Waals surface area contributed by atoms with Gasteiger partial charge in [0, 0.05) is 17.5 Å². The molecular formula is C17H19FN2O. The molecule has 0 aliphatic carbocycles. The fourth-order valence-electron chi connectivity index (χ4n) is 2.89. The summed E-state index contributed by atoms with van der Waals surface area (Å²) in [5.74, 6) is 0.0600. The molecule has 1 aliphatic rings. The first-order valence-electron chi connectivity index (χ1n) is 7.42. The van der Waals surface area contributed by atoms with Crippen LogP contribution in [-0.2, 0) is 0 Å². The first kappa shape index (κ1) is 14.0. The number of hydrogen-bond acceptors (Lipinski definition) is 2. The normalized spacial score (nSPS) is 18.6. The van der Waals surface area contributed by atoms with E-state index in [1.165, 1.54) is 6.07 Å². The van der Waals surface area contributed by atoms with Crippen LogP contribution in [0.25, 0.3) is 10.8 Å². The molecule has 1 amide bonds. The zero-order chi connectivity index (χ0) is 14.7. The SMILES string of the molecule is O=C(NCC1CCCNC1)c1ccc(F)c2ccccc12. The first-order valence-corrected chi connectivity index (χ1v) is 7.42. The van der Waals surface area contributed by atoms with E-state index < -0.39 is 0 Å². The van der Waals surface area contributed by atoms with E-state index in [0.29, 0.717) is 28.8 Å². The number of piperidine rings is 1. The summed E-state index contributed by atoms with van der Waals surface area (Å²) in [5, 5.41) is 7.47. The molecule has 0 spiro atoms. The molecule has 21 heavy (non-hydrogen) atoms. The van der Waals surface area contributed by atoms with Gasteiger partial charge in [0.25, 0.3) is 5.91 Å². The molecule has 0 radical (unpaired) electrons. The summed E-state index contributed by atoms with van der Waals surface area (Å²) in [7, 11) is 0. The standard InChI is InChI=1S/C17H19FN2O/c18-16-8-7-15(13-5-1-2-6-14(13)16)17(21)20-11-12-4-3-9-19-10-12/h1-2,5-8,12,19H,3-4,9-11H2,(H,20,21). The van der Waals surface area contributed by atoms with Gasteiger partial charge < -0.3 is 10.6 Å². The Bertz CT molecular complexity index is 650. The van der Waals surface area contributed by atoms with Crippen molar-refractivity contribution in [1.82, 2.24) is 10.6 Å². The van der Waals surface area contributed by atoms with Crippen molar-refractivity contribution < 1.29 is 9.18 Å². The van der Waals surface area contributed by atoms with Crippen LogP contribution in [0.4, 0.5) is 4.39 Å². The third-order valence-electron chi connectivity index (χ3n) is 4.07. The molecule has 1 fully saturated rings. The minimum Gasteiger partial charge on any atom is -0.352 e. The van der Waals surface area contributed by atoms with Crippen LogP contribution in [0.15, 0.2) is 36.4 Å². The van der Waals surface area contributed by atoms with Gasteiger partial charge in [-0.2, -0.15) is 0 Å². The Labute approximate surface area is 123 Å². The predicted molar refractivity (Wildman–Crippen MR) is 81.8 cm³/mol. The van der Waals surface area contributed by atoms with Crippen LogP contribution >= 0.6 is 0 Å². The van der Waals surface area contributed by atoms with Gasteiger partial charge in [-0.1, -0.05) is 24.3 Å². The maximum atomic E-state index is 13.8. The minimum absolute atomic E-state index is 0.128. The molecule has 1 saturated heterocycles. The van der Waals surface area contributed by atoms with Crippen LogP contribution in [-0.4, -0.2) is 25.5 Å². The Hall–Kier alpha value is -1.94. The van der Waals surface area contributed by atoms with Crippen LogP contribution in [0, 0.1) is 11.7 Å². The number of rotatable bonds is 3. The van der Waals surface area contributed by atoms with Crippen molar-refractivity contribution in [3.05, 3.63) is 47.8 Å². The maximum absolute atomic E-state index is 13.8. The largest absolute Gasteiger partial charge is 0.352 e. The van der Waals surface area contributed by atoms with E-state index in [4.69, 9.17) is 0 Å². The van der Waals surface area contributed by atoms with Crippen molar-refractivity contribution in [3.63, 3.8) is 0 Å². The molecule has 1 atom stereocenters. The lowest BCUT2D eigenvalue weighted by Gasteiger charge is -2.23. The van der Waals surface area contributed by atoms with Crippen molar-refractivity contribution in [2.45, 2.75) is 12.8 Å². The fraction of sp³-hybridized carbons (Fsp3) is 0.353. The highest BCUT2D eigenvalue weighted by molar-refractivity contribution is 6.07. The average Bonchev–Trinajstić information content (AvgIpc) is 2.54. The lowest BCUT2D eigenvalue weighted by Crippen LogP contribution is -2.38. The van der Waals surface area contributed by atoms with Gasteiger partial charge >= 0.3 is 0 Å². The monoisotopic (exact) mass is 286 g/mol. The second-order valence-electron chi connectivity index (χ2n) is 5.56. The van der Waals surface area contributed by atoms with E-state index in [1.54, 1.807) is 24.3 Å². The Morgan fingerprint density at radius 3 is 2.81 bits per heavy atom. The van der Waals surface area contributed by atoms with Gasteiger partial charge in [-0.15, -0.1) is 0 Å². The number of fused-ring (bicyclic) bond motifs is 1. The molecule has 2 aromatic rings. The average molecular weight is 286 g/mol. The number of benzene rings is 2. The molecule has 110 valence electrons. The van der Waals surface area contributed by atoms with Crippen LogP contribution in [0.3, 0.4) is 0 Å². The summed E-state index contributed by atoms with van der Waals surface area (Å²) >= 11 is 0. The van der Waals surface area contributed by atoms with E-state index in [2.05, 4.69) is 10.6 Å². The highest BCUT2D eigenvalue weighted by atomic mass is 19.1. The Morgan fingerprint density at radius 1 is 1.24 bits per heavy atom. The summed E-state index contributed by atoms with van der Waals surface area (Å²) in [5.41, 5.74) is 0.538. The molecule has 3 nitrogen and oxygen atoms in total. The van der Waals surface area contributed by atoms with Crippen LogP contribution in [0.5, 0.6) is 0 Å². The van der Waals surface area contributed by atoms with E-state index in [-0.39, 0.29) is 11.7 Å². The van der Waals surface area contributed by atoms with Gasteiger partial charge in [-0.05, 0) is 49.4 Å². The molecule has 2 aromatic carbocycles. The molecule has 0 aromatic heterocycles. The molecular weight excluding hydrogens is 267 g/mol. The number of amides is 1. The molecule has 1 heterocycles. The lowest BCUT2D eigenvalue weighted by molar-refractivity contribution is 0.0946. The van der Waals surface area contributed by atoms with Crippen molar-refractivity contribution in [2.24, 2.45) is 5.92 Å². The van der Waals surface area contributed by atoms with Gasteiger partial charge in [0.15, 0.2) is 0 Å². The highest BCUT2D eigenvalue weighted by Crippen LogP contribution is 2.21. The van der Waals surface area contributed by atoms with Gasteiger partial charge in [-0.25, -0.2) is 4.39 Å². The highest BCUT2D eigenvalue weighted by Gasteiger charge is 2.16. The second kappa shape index (κ2) is 6.22. The van der Waals surface area contributed by atoms with Crippen molar-refractivity contribution >= 4 is 16.7 Å². The predicted octanol–water partition coefficient (Wildman–Crippen LogP) is 2.71. The first-order chi connectivity index (χ1) is 10.3. The second-order valence-corrected chi connectivity index (χ2v) is 5.56. The van der Waals surface area contributed by atoms with E-state index in [0.717, 1.165) is 25.9 Å². The number of hydrogen-bond donors (Lipinski definition) is 2. The zero-order valence-electron chi connectivity index (χ0n) is 11.9. The van der Waals surface area contributed by atoms with E-state index in [1.807, 2.05) is 6.07 Å². The summed E-state index contributed by atoms with van der Waals surface area (Å²) < 4.78 is 13.8. The van der Waals surface area contributed by atoms with Crippen molar-refractivity contribution in [1.29, 1.82) is 0 Å². The van der Waals surface area contributed by atoms with E-state index in [9.17, 15) is 9.18 Å². The summed E-state index contributed by atoms with van der Waals surface area (Å²) in [4.78, 5) is 12.4. The van der Waals surface area contributed by atoms with Crippen LogP contribution < -0.4 is 10.6 Å². The summed E-state index contributed by atoms with van der Waals surface area (Å²) in [6, 6.07) is 10.0. The number of carbonyl (C=O) groups is 1. The molecule has 1 unspecified atom stereocenters. The summed E-state index contributed by atoms with van der Waals surface area (Å²) in [6.45, 7) is 2.68. The quantitative estimate of drug-likeness (QED) is 0.911. The molecule has 0 saturated carbocycles. The third kappa shape index (κ3) is 3.05. The van der Waals surface area contributed by atoms with Gasteiger partial charge in [0.05, 0.1) is 0 Å². The zero-order valence-corrected chi connectivity index (χ0v) is 11.9. The maximum Gasteiger partial charge on any atom is 0.251 e. The third-order valence-corrected chi connectivity index (χ3v) is 4.07. The topological polar surface area (TPSA) is 41.1 Å². The Balaban J connectivity index is 1.77. The number of carbonyl (C=O) groups excluding carboxylic acids is 1. The van der Waals surface area contributed by atoms with E-state index >= 15 is 0 Å². The van der Waals surface area contributed by atoms with Gasteiger partial charge in [-0.3, -0.25) is 4.79 Å². The van der Waals surface area contributed by atoms with Crippen molar-refractivity contribution in [2.75, 3.05) is 19.6 Å². The Morgan fingerprint density at radius 2 is 2.05 bits per heavy atom. The number of halogens is 1. The van der Waals surface area contributed by atoms with Crippen molar-refractivity contribution in [3.8, 4) is 0 Å².